The van der Waals surface area contributed by atoms with Crippen LogP contribution in [0.4, 0.5) is 0 Å². The van der Waals surface area contributed by atoms with E-state index in [0.717, 1.165) is 0 Å². The van der Waals surface area contributed by atoms with Gasteiger partial charge in [0, 0.05) is 22.3 Å². The molecule has 1 aliphatic rings. The van der Waals surface area contributed by atoms with E-state index in [2.05, 4.69) is 0 Å². The summed E-state index contributed by atoms with van der Waals surface area (Å²) in [4.78, 5) is 24.6. The second kappa shape index (κ2) is 3.95. The van der Waals surface area contributed by atoms with Crippen LogP contribution in [0.1, 0.15) is 31.8 Å². The van der Waals surface area contributed by atoms with Crippen molar-refractivity contribution in [3.05, 3.63) is 58.7 Å². The minimum absolute atomic E-state index is 0.0688. The van der Waals surface area contributed by atoms with Gasteiger partial charge in [0.05, 0.1) is 7.11 Å². The first kappa shape index (κ1) is 11.5. The van der Waals surface area contributed by atoms with E-state index < -0.39 is 11.5 Å². The van der Waals surface area contributed by atoms with Crippen molar-refractivity contribution in [2.24, 2.45) is 0 Å². The third kappa shape index (κ3) is 1.46. The molecule has 0 heterocycles. The summed E-state index contributed by atoms with van der Waals surface area (Å²) >= 11 is 0. The number of fused-ring (bicyclic) bond motifs is 2. The summed E-state index contributed by atoms with van der Waals surface area (Å²) in [7, 11) is 1.35. The van der Waals surface area contributed by atoms with Crippen LogP contribution in [0.25, 0.3) is 0 Å². The molecule has 94 valence electrons. The minimum Gasteiger partial charge on any atom is -0.869 e. The fourth-order valence-corrected chi connectivity index (χ4v) is 2.30. The van der Waals surface area contributed by atoms with E-state index in [9.17, 15) is 14.7 Å². The normalized spacial score (nSPS) is 12.9. The van der Waals surface area contributed by atoms with Crippen molar-refractivity contribution in [2.45, 2.75) is 0 Å². The summed E-state index contributed by atoms with van der Waals surface area (Å²) in [5.41, 5.74) is 0.660. The second-order valence-corrected chi connectivity index (χ2v) is 4.22. The molecule has 0 aromatic heterocycles. The van der Waals surface area contributed by atoms with Crippen molar-refractivity contribution in [2.75, 3.05) is 7.11 Å². The van der Waals surface area contributed by atoms with Gasteiger partial charge in [-0.3, -0.25) is 9.59 Å². The van der Waals surface area contributed by atoms with Crippen LogP contribution in [0.3, 0.4) is 0 Å². The Balaban J connectivity index is 2.33. The van der Waals surface area contributed by atoms with Gasteiger partial charge in [-0.1, -0.05) is 30.0 Å². The molecule has 0 unspecified atom stereocenters. The molecule has 2 aromatic rings. The number of ether oxygens (including phenoxy) is 1. The lowest BCUT2D eigenvalue weighted by Crippen LogP contribution is -2.22. The lowest BCUT2D eigenvalue weighted by atomic mass is 9.83. The molecule has 0 bridgehead atoms. The number of benzene rings is 2. The van der Waals surface area contributed by atoms with Gasteiger partial charge in [-0.15, -0.1) is 0 Å². The summed E-state index contributed by atoms with van der Waals surface area (Å²) in [6.07, 6.45) is 0. The van der Waals surface area contributed by atoms with E-state index in [-0.39, 0.29) is 28.2 Å². The average Bonchev–Trinajstić information content (AvgIpc) is 2.44. The first-order valence-electron chi connectivity index (χ1n) is 5.71. The molecule has 0 N–H and O–H groups in total. The van der Waals surface area contributed by atoms with E-state index in [1.54, 1.807) is 24.3 Å². The van der Waals surface area contributed by atoms with Crippen LogP contribution in [-0.2, 0) is 0 Å². The van der Waals surface area contributed by atoms with E-state index in [1.165, 1.54) is 19.2 Å². The van der Waals surface area contributed by atoms with Gasteiger partial charge in [0.2, 0.25) is 0 Å². The van der Waals surface area contributed by atoms with Crippen LogP contribution >= 0.6 is 0 Å². The van der Waals surface area contributed by atoms with Gasteiger partial charge in [-0.2, -0.15) is 0 Å². The standard InChI is InChI=1S/C15H10O4/c1-19-11-7-6-10-12(15(11)18)14(17)9-5-3-2-4-8(9)13(10)16/h2-7,18H,1H3/p-1. The maximum atomic E-state index is 12.3. The molecular formula is C15H9O4-. The Kier molecular flexibility index (Phi) is 2.38. The van der Waals surface area contributed by atoms with Gasteiger partial charge < -0.3 is 9.84 Å². The fraction of sp³-hybridized carbons (Fsp3) is 0.0667. The van der Waals surface area contributed by atoms with Crippen molar-refractivity contribution in [1.82, 2.24) is 0 Å². The van der Waals surface area contributed by atoms with E-state index in [0.29, 0.717) is 5.56 Å². The average molecular weight is 253 g/mol. The molecule has 0 aliphatic heterocycles. The van der Waals surface area contributed by atoms with Gasteiger partial charge in [0.1, 0.15) is 5.75 Å². The number of hydrogen-bond donors (Lipinski definition) is 0. The van der Waals surface area contributed by atoms with E-state index in [4.69, 9.17) is 4.74 Å². The molecule has 0 spiro atoms. The Morgan fingerprint density at radius 2 is 1.53 bits per heavy atom. The Bertz CT molecular complexity index is 716. The van der Waals surface area contributed by atoms with Crippen LogP contribution in [0.15, 0.2) is 36.4 Å². The highest BCUT2D eigenvalue weighted by Gasteiger charge is 2.30. The summed E-state index contributed by atoms with van der Waals surface area (Å²) in [5.74, 6) is -1.19. The Morgan fingerprint density at radius 3 is 2.16 bits per heavy atom. The first-order chi connectivity index (χ1) is 9.15. The highest BCUT2D eigenvalue weighted by molar-refractivity contribution is 6.29. The summed E-state index contributed by atoms with van der Waals surface area (Å²) < 4.78 is 4.91. The number of carbonyl (C=O) groups excluding carboxylic acids is 2. The van der Waals surface area contributed by atoms with Gasteiger partial charge in [0.15, 0.2) is 11.6 Å². The van der Waals surface area contributed by atoms with Gasteiger partial charge >= 0.3 is 0 Å². The topological polar surface area (TPSA) is 66.4 Å². The maximum Gasteiger partial charge on any atom is 0.194 e. The molecule has 4 heteroatoms. The number of carbonyl (C=O) groups is 2. The van der Waals surface area contributed by atoms with Crippen LogP contribution in [0, 0.1) is 0 Å². The maximum absolute atomic E-state index is 12.3. The van der Waals surface area contributed by atoms with Gasteiger partial charge in [-0.05, 0) is 12.1 Å². The smallest absolute Gasteiger partial charge is 0.194 e. The van der Waals surface area contributed by atoms with E-state index in [1.807, 2.05) is 0 Å². The Labute approximate surface area is 109 Å². The van der Waals surface area contributed by atoms with Crippen molar-refractivity contribution < 1.29 is 19.4 Å². The Hall–Kier alpha value is -2.62. The highest BCUT2D eigenvalue weighted by atomic mass is 16.5. The third-order valence-electron chi connectivity index (χ3n) is 3.23. The fourth-order valence-electron chi connectivity index (χ4n) is 2.30. The molecule has 2 aromatic carbocycles. The summed E-state index contributed by atoms with van der Waals surface area (Å²) in [6, 6.07) is 9.38. The minimum atomic E-state index is -0.534. The lowest BCUT2D eigenvalue weighted by Gasteiger charge is -2.24. The van der Waals surface area contributed by atoms with Crippen LogP contribution in [-0.4, -0.2) is 18.7 Å². The number of rotatable bonds is 1. The van der Waals surface area contributed by atoms with Crippen LogP contribution < -0.4 is 9.84 Å². The zero-order chi connectivity index (χ0) is 13.6. The number of hydrogen-bond acceptors (Lipinski definition) is 4. The van der Waals surface area contributed by atoms with Crippen molar-refractivity contribution in [3.63, 3.8) is 0 Å². The van der Waals surface area contributed by atoms with Gasteiger partial charge in [-0.25, -0.2) is 0 Å². The Morgan fingerprint density at radius 1 is 0.895 bits per heavy atom. The van der Waals surface area contributed by atoms with Crippen molar-refractivity contribution in [3.8, 4) is 11.5 Å². The molecule has 19 heavy (non-hydrogen) atoms. The predicted molar refractivity (Wildman–Crippen MR) is 65.7 cm³/mol. The second-order valence-electron chi connectivity index (χ2n) is 4.22. The molecule has 0 saturated carbocycles. The quantitative estimate of drug-likeness (QED) is 0.659. The molecule has 3 rings (SSSR count). The molecule has 0 atom stereocenters. The van der Waals surface area contributed by atoms with Crippen molar-refractivity contribution >= 4 is 11.6 Å². The molecular weight excluding hydrogens is 244 g/mol. The first-order valence-corrected chi connectivity index (χ1v) is 5.71. The summed E-state index contributed by atoms with van der Waals surface area (Å²) in [5, 5.41) is 12.1. The largest absolute Gasteiger partial charge is 0.869 e. The zero-order valence-electron chi connectivity index (χ0n) is 10.1. The zero-order valence-corrected chi connectivity index (χ0v) is 10.1. The molecule has 1 aliphatic carbocycles. The number of ketones is 2. The summed E-state index contributed by atoms with van der Waals surface area (Å²) in [6.45, 7) is 0. The SMILES string of the molecule is COc1ccc2c(c1[O-])C(=O)c1ccccc1C2=O. The van der Waals surface area contributed by atoms with Crippen molar-refractivity contribution in [1.29, 1.82) is 0 Å². The van der Waals surface area contributed by atoms with Gasteiger partial charge in [0.25, 0.3) is 0 Å². The monoisotopic (exact) mass is 253 g/mol. The third-order valence-corrected chi connectivity index (χ3v) is 3.23. The predicted octanol–water partition coefficient (Wildman–Crippen LogP) is 1.54. The number of methoxy groups -OCH3 is 1. The molecule has 4 nitrogen and oxygen atoms in total. The lowest BCUT2D eigenvalue weighted by molar-refractivity contribution is -0.270. The molecule has 0 amide bonds. The molecule has 0 saturated heterocycles. The van der Waals surface area contributed by atoms with Crippen LogP contribution in [0.5, 0.6) is 11.5 Å². The van der Waals surface area contributed by atoms with E-state index >= 15 is 0 Å². The molecule has 0 fully saturated rings. The highest BCUT2D eigenvalue weighted by Crippen LogP contribution is 2.36. The van der Waals surface area contributed by atoms with Crippen LogP contribution in [0.2, 0.25) is 0 Å². The molecule has 0 radical (unpaired) electrons.